The van der Waals surface area contributed by atoms with Gasteiger partial charge in [0.15, 0.2) is 0 Å². The van der Waals surface area contributed by atoms with Crippen molar-refractivity contribution in [3.8, 4) is 0 Å². The monoisotopic (exact) mass is 410 g/mol. The smallest absolute Gasteiger partial charge is 0.332 e. The van der Waals surface area contributed by atoms with Crippen molar-refractivity contribution in [2.45, 2.75) is 72.5 Å². The number of carbonyl (C=O) groups excluding carboxylic acids is 3. The maximum absolute atomic E-state index is 12.3. The minimum Gasteiger partial charge on any atom is -0.462 e. The Morgan fingerprint density at radius 2 is 1.69 bits per heavy atom. The van der Waals surface area contributed by atoms with Crippen LogP contribution in [0.1, 0.15) is 60.3 Å². The van der Waals surface area contributed by atoms with E-state index < -0.39 is 11.4 Å². The Morgan fingerprint density at radius 3 is 2.38 bits per heavy atom. The van der Waals surface area contributed by atoms with E-state index in [0.717, 1.165) is 25.7 Å². The summed E-state index contributed by atoms with van der Waals surface area (Å²) in [6.07, 6.45) is 3.06. The maximum atomic E-state index is 12.3. The average Bonchev–Trinajstić information content (AvgIpc) is 2.78. The summed E-state index contributed by atoms with van der Waals surface area (Å²) in [6.45, 7) is 9.45. The topological polar surface area (TPSA) is 88.1 Å². The third-order valence-electron chi connectivity index (χ3n) is 7.20. The van der Waals surface area contributed by atoms with Gasteiger partial charge in [0, 0.05) is 0 Å². The van der Waals surface area contributed by atoms with E-state index in [4.69, 9.17) is 18.9 Å². The van der Waals surface area contributed by atoms with Gasteiger partial charge in [0.25, 0.3) is 0 Å². The molecule has 0 aromatic carbocycles. The van der Waals surface area contributed by atoms with Crippen LogP contribution in [0.25, 0.3) is 0 Å². The summed E-state index contributed by atoms with van der Waals surface area (Å²) in [7, 11) is 0. The Bertz CT molecular complexity index is 648. The summed E-state index contributed by atoms with van der Waals surface area (Å²) in [5.74, 6) is -0.169. The summed E-state index contributed by atoms with van der Waals surface area (Å²) in [5, 5.41) is 0. The van der Waals surface area contributed by atoms with Gasteiger partial charge in [-0.05, 0) is 56.8 Å². The molecule has 0 radical (unpaired) electrons. The van der Waals surface area contributed by atoms with E-state index in [-0.39, 0.29) is 61.2 Å². The molecule has 7 heteroatoms. The van der Waals surface area contributed by atoms with Crippen molar-refractivity contribution in [2.24, 2.45) is 28.6 Å². The van der Waals surface area contributed by atoms with Gasteiger partial charge in [0.2, 0.25) is 0 Å². The van der Waals surface area contributed by atoms with Crippen LogP contribution in [0.5, 0.6) is 0 Å². The van der Waals surface area contributed by atoms with E-state index in [1.54, 1.807) is 0 Å². The molecule has 4 aliphatic rings. The lowest BCUT2D eigenvalue weighted by molar-refractivity contribution is -0.171. The molecule has 2 saturated heterocycles. The zero-order valence-corrected chi connectivity index (χ0v) is 18.2. The molecule has 29 heavy (non-hydrogen) atoms. The van der Waals surface area contributed by atoms with Crippen molar-refractivity contribution in [1.82, 2.24) is 0 Å². The van der Waals surface area contributed by atoms with Crippen LogP contribution in [0.2, 0.25) is 0 Å². The number of ether oxygens (including phenoxy) is 4. The Balaban J connectivity index is 1.39. The quantitative estimate of drug-likeness (QED) is 0.362. The zero-order valence-electron chi connectivity index (χ0n) is 18.2. The molecule has 164 valence electrons. The summed E-state index contributed by atoms with van der Waals surface area (Å²) in [5.41, 5.74) is -0.884. The molecule has 0 spiro atoms. The van der Waals surface area contributed by atoms with E-state index in [1.165, 1.54) is 0 Å². The molecule has 2 saturated carbocycles. The standard InChI is InChI=1S/C22H34O7/c1-21(2,3)22(4,5)20(25)27-7-6-26-17(23)12-28-18-14-8-13-9-15(11-14)19(24)29-16(18)10-13/h13-16,18H,6-12H2,1-5H3. The van der Waals surface area contributed by atoms with Gasteiger partial charge in [0.05, 0.1) is 17.4 Å². The van der Waals surface area contributed by atoms with Gasteiger partial charge in [0.1, 0.15) is 25.9 Å². The minimum atomic E-state index is -0.643. The van der Waals surface area contributed by atoms with Crippen LogP contribution < -0.4 is 0 Å². The first-order chi connectivity index (χ1) is 13.5. The average molecular weight is 411 g/mol. The van der Waals surface area contributed by atoms with Crippen molar-refractivity contribution in [3.05, 3.63) is 0 Å². The van der Waals surface area contributed by atoms with Crippen molar-refractivity contribution < 1.29 is 33.3 Å². The Hall–Kier alpha value is -1.63. The lowest BCUT2D eigenvalue weighted by Gasteiger charge is -2.41. The molecule has 0 aromatic heterocycles. The van der Waals surface area contributed by atoms with Crippen molar-refractivity contribution in [2.75, 3.05) is 19.8 Å². The van der Waals surface area contributed by atoms with Crippen LogP contribution in [0.3, 0.4) is 0 Å². The highest BCUT2D eigenvalue weighted by atomic mass is 16.6. The molecule has 5 atom stereocenters. The molecular formula is C22H34O7. The highest BCUT2D eigenvalue weighted by Crippen LogP contribution is 2.48. The van der Waals surface area contributed by atoms with Crippen LogP contribution in [0.15, 0.2) is 0 Å². The fourth-order valence-electron chi connectivity index (χ4n) is 4.49. The SMILES string of the molecule is CC(C)(C)C(C)(C)C(=O)OCCOC(=O)COC1C2CC3CC(C2)C(=O)OC1C3. The zero-order chi connectivity index (χ0) is 21.4. The van der Waals surface area contributed by atoms with Gasteiger partial charge in [-0.25, -0.2) is 4.79 Å². The molecule has 0 aromatic rings. The highest BCUT2D eigenvalue weighted by molar-refractivity contribution is 5.77. The van der Waals surface area contributed by atoms with Crippen LogP contribution in [0, 0.1) is 28.6 Å². The van der Waals surface area contributed by atoms with Crippen molar-refractivity contribution >= 4 is 17.9 Å². The first kappa shape index (κ1) is 22.1. The van der Waals surface area contributed by atoms with E-state index >= 15 is 0 Å². The van der Waals surface area contributed by atoms with Crippen molar-refractivity contribution in [3.63, 3.8) is 0 Å². The summed E-state index contributed by atoms with van der Waals surface area (Å²) >= 11 is 0. The number of rotatable bonds is 7. The minimum absolute atomic E-state index is 0.00911. The number of hydrogen-bond donors (Lipinski definition) is 0. The van der Waals surface area contributed by atoms with Gasteiger partial charge in [-0.15, -0.1) is 0 Å². The lowest BCUT2D eigenvalue weighted by atomic mass is 9.67. The first-order valence-electron chi connectivity index (χ1n) is 10.6. The normalized spacial score (nSPS) is 31.2. The summed E-state index contributed by atoms with van der Waals surface area (Å²) < 4.78 is 21.8. The molecule has 0 N–H and O–H groups in total. The molecule has 7 nitrogen and oxygen atoms in total. The Kier molecular flexibility index (Phi) is 6.27. The molecule has 0 amide bonds. The van der Waals surface area contributed by atoms with E-state index in [1.807, 2.05) is 34.6 Å². The fourth-order valence-corrected chi connectivity index (χ4v) is 4.49. The van der Waals surface area contributed by atoms with E-state index in [9.17, 15) is 14.4 Å². The predicted octanol–water partition coefficient (Wildman–Crippen LogP) is 2.89. The summed E-state index contributed by atoms with van der Waals surface area (Å²) in [6, 6.07) is 0. The number of fused-ring (bicyclic) bond motifs is 1. The van der Waals surface area contributed by atoms with E-state index in [0.29, 0.717) is 5.92 Å². The molecule has 4 fully saturated rings. The van der Waals surface area contributed by atoms with Gasteiger partial charge >= 0.3 is 17.9 Å². The van der Waals surface area contributed by atoms with Crippen LogP contribution >= 0.6 is 0 Å². The van der Waals surface area contributed by atoms with E-state index in [2.05, 4.69) is 0 Å². The number of esters is 3. The first-order valence-corrected chi connectivity index (χ1v) is 10.6. The second-order valence-electron chi connectivity index (χ2n) is 10.2. The molecular weight excluding hydrogens is 376 g/mol. The lowest BCUT2D eigenvalue weighted by Crippen LogP contribution is -2.45. The van der Waals surface area contributed by atoms with Gasteiger partial charge in [-0.2, -0.15) is 0 Å². The van der Waals surface area contributed by atoms with Gasteiger partial charge < -0.3 is 18.9 Å². The molecule has 2 aliphatic heterocycles. The fraction of sp³-hybridized carbons (Fsp3) is 0.864. The predicted molar refractivity (Wildman–Crippen MR) is 104 cm³/mol. The largest absolute Gasteiger partial charge is 0.462 e. The number of hydrogen-bond acceptors (Lipinski definition) is 7. The second kappa shape index (κ2) is 8.25. The van der Waals surface area contributed by atoms with Crippen LogP contribution in [-0.4, -0.2) is 49.9 Å². The van der Waals surface area contributed by atoms with Crippen LogP contribution in [0.4, 0.5) is 0 Å². The highest BCUT2D eigenvalue weighted by Gasteiger charge is 2.50. The number of carbonyl (C=O) groups is 3. The van der Waals surface area contributed by atoms with Crippen LogP contribution in [-0.2, 0) is 33.3 Å². The van der Waals surface area contributed by atoms with Gasteiger partial charge in [-0.1, -0.05) is 20.8 Å². The third kappa shape index (κ3) is 4.76. The van der Waals surface area contributed by atoms with Crippen molar-refractivity contribution in [1.29, 1.82) is 0 Å². The molecule has 4 rings (SSSR count). The summed E-state index contributed by atoms with van der Waals surface area (Å²) in [4.78, 5) is 36.4. The Labute approximate surface area is 172 Å². The third-order valence-corrected chi connectivity index (χ3v) is 7.20. The van der Waals surface area contributed by atoms with Gasteiger partial charge in [-0.3, -0.25) is 9.59 Å². The molecule has 2 heterocycles. The molecule has 2 aliphatic carbocycles. The molecule has 4 bridgehead atoms. The second-order valence-corrected chi connectivity index (χ2v) is 10.2. The molecule has 5 unspecified atom stereocenters. The maximum Gasteiger partial charge on any atom is 0.332 e. The Morgan fingerprint density at radius 1 is 1.00 bits per heavy atom.